The highest BCUT2D eigenvalue weighted by Crippen LogP contribution is 2.70. The summed E-state index contributed by atoms with van der Waals surface area (Å²) in [6.07, 6.45) is 15.4. The van der Waals surface area contributed by atoms with E-state index in [0.29, 0.717) is 12.8 Å². The number of carbonyl (C=O) groups is 1. The second kappa shape index (κ2) is 20.2. The Labute approximate surface area is 288 Å². The van der Waals surface area contributed by atoms with Crippen LogP contribution in [0.25, 0.3) is 0 Å². The van der Waals surface area contributed by atoms with E-state index < -0.39 is 37.5 Å². The van der Waals surface area contributed by atoms with Crippen LogP contribution in [0, 0.1) is 5.82 Å². The van der Waals surface area contributed by atoms with Crippen molar-refractivity contribution in [1.29, 1.82) is 0 Å². The first-order valence-corrected chi connectivity index (χ1v) is 20.5. The molecule has 3 rings (SSSR count). The van der Waals surface area contributed by atoms with Gasteiger partial charge in [-0.2, -0.15) is 17.2 Å². The molecule has 3 aromatic rings. The Morgan fingerprint density at radius 2 is 0.979 bits per heavy atom. The van der Waals surface area contributed by atoms with E-state index in [2.05, 4.69) is 15.9 Å². The van der Waals surface area contributed by atoms with Crippen molar-refractivity contribution in [2.24, 2.45) is 0 Å². The van der Waals surface area contributed by atoms with Crippen molar-refractivity contribution in [2.45, 2.75) is 110 Å². The first-order chi connectivity index (χ1) is 22.6. The van der Waals surface area contributed by atoms with Crippen molar-refractivity contribution in [2.75, 3.05) is 11.9 Å². The number of hydrogen-bond acceptors (Lipinski definition) is 5. The van der Waals surface area contributed by atoms with Crippen LogP contribution >= 0.6 is 26.2 Å². The molecular formula is C36H46BrF3O5S2. The van der Waals surface area contributed by atoms with Gasteiger partial charge in [0.2, 0.25) is 0 Å². The molecule has 0 radical (unpaired) electrons. The zero-order valence-electron chi connectivity index (χ0n) is 26.8. The second-order valence-corrected chi connectivity index (χ2v) is 16.7. The molecule has 0 saturated carbocycles. The molecule has 3 aromatic carbocycles. The van der Waals surface area contributed by atoms with Crippen LogP contribution in [0.1, 0.15) is 89.9 Å². The Morgan fingerprint density at radius 3 is 1.40 bits per heavy atom. The molecule has 0 aliphatic carbocycles. The highest BCUT2D eigenvalue weighted by atomic mass is 79.9. The zero-order chi connectivity index (χ0) is 34.0. The van der Waals surface area contributed by atoms with Gasteiger partial charge in [0.25, 0.3) is 0 Å². The van der Waals surface area contributed by atoms with E-state index in [-0.39, 0.29) is 21.3 Å². The summed E-state index contributed by atoms with van der Waals surface area (Å²) in [5, 5.41) is -3.90. The molecule has 47 heavy (non-hydrogen) atoms. The van der Waals surface area contributed by atoms with Crippen LogP contribution in [0.15, 0.2) is 99.6 Å². The Kier molecular flexibility index (Phi) is 16.8. The van der Waals surface area contributed by atoms with Crippen LogP contribution in [-0.2, 0) is 23.3 Å². The molecule has 0 bridgehead atoms. The molecule has 11 heteroatoms. The molecule has 0 saturated heterocycles. The summed E-state index contributed by atoms with van der Waals surface area (Å²) >= 11 is 3.46. The fourth-order valence-corrected chi connectivity index (χ4v) is 10.7. The largest absolute Gasteiger partial charge is 0.466 e. The molecule has 0 fully saturated rings. The predicted molar refractivity (Wildman–Crippen MR) is 186 cm³/mol. The summed E-state index contributed by atoms with van der Waals surface area (Å²) in [6.45, 7) is -0.326. The third kappa shape index (κ3) is 11.6. The van der Waals surface area contributed by atoms with Crippen LogP contribution in [0.4, 0.5) is 13.2 Å². The third-order valence-electron chi connectivity index (χ3n) is 7.80. The maximum absolute atomic E-state index is 15.4. The van der Waals surface area contributed by atoms with E-state index in [9.17, 15) is 17.6 Å². The van der Waals surface area contributed by atoms with Gasteiger partial charge in [0, 0.05) is 20.0 Å². The lowest BCUT2D eigenvalue weighted by molar-refractivity contribution is -0.161. The Morgan fingerprint density at radius 1 is 0.596 bits per heavy atom. The molecule has 0 spiro atoms. The number of rotatable bonds is 23. The zero-order valence-corrected chi connectivity index (χ0v) is 30.0. The molecule has 0 atom stereocenters. The van der Waals surface area contributed by atoms with Gasteiger partial charge >= 0.3 is 21.3 Å². The van der Waals surface area contributed by atoms with Gasteiger partial charge in [-0.25, -0.2) is 12.8 Å². The lowest BCUT2D eigenvalue weighted by Crippen LogP contribution is -2.41. The molecule has 5 nitrogen and oxygen atoms in total. The van der Waals surface area contributed by atoms with Crippen LogP contribution in [-0.4, -0.2) is 31.6 Å². The van der Waals surface area contributed by atoms with Gasteiger partial charge in [0.1, 0.15) is 5.82 Å². The lowest BCUT2D eigenvalue weighted by atomic mass is 10.0. The maximum atomic E-state index is 15.4. The minimum atomic E-state index is -5.91. The Balaban J connectivity index is 1.55. The number of ether oxygens (including phenoxy) is 1. The highest BCUT2D eigenvalue weighted by molar-refractivity contribution is 9.09. The summed E-state index contributed by atoms with van der Waals surface area (Å²) in [4.78, 5) is 13.2. The normalized spacial score (nSPS) is 12.6. The van der Waals surface area contributed by atoms with Crippen molar-refractivity contribution in [3.8, 4) is 0 Å². The van der Waals surface area contributed by atoms with Crippen LogP contribution < -0.4 is 0 Å². The fraction of sp³-hybridized carbons (Fsp3) is 0.472. The van der Waals surface area contributed by atoms with Gasteiger partial charge in [0.15, 0.2) is 0 Å². The quantitative estimate of drug-likeness (QED) is 0.0547. The lowest BCUT2D eigenvalue weighted by Gasteiger charge is -2.39. The van der Waals surface area contributed by atoms with Gasteiger partial charge in [-0.1, -0.05) is 129 Å². The monoisotopic (exact) mass is 758 g/mol. The van der Waals surface area contributed by atoms with Crippen LogP contribution in [0.3, 0.4) is 0 Å². The molecule has 0 aliphatic rings. The minimum absolute atomic E-state index is 0.153. The molecule has 0 aliphatic heterocycles. The molecule has 0 aromatic heterocycles. The molecule has 0 unspecified atom stereocenters. The third-order valence-corrected chi connectivity index (χ3v) is 13.5. The van der Waals surface area contributed by atoms with Crippen molar-refractivity contribution in [1.82, 2.24) is 0 Å². The van der Waals surface area contributed by atoms with Gasteiger partial charge < -0.3 is 4.74 Å². The first kappa shape index (κ1) is 39.1. The summed E-state index contributed by atoms with van der Waals surface area (Å²) in [5.41, 5.74) is 0. The summed E-state index contributed by atoms with van der Waals surface area (Å²) < 4.78 is 81.7. The molecule has 0 heterocycles. The molecule has 0 amide bonds. The topological polar surface area (TPSA) is 69.7 Å². The van der Waals surface area contributed by atoms with Crippen LogP contribution in [0.5, 0.6) is 0 Å². The molecule has 0 N–H and O–H groups in total. The minimum Gasteiger partial charge on any atom is -0.460 e. The average Bonchev–Trinajstić information content (AvgIpc) is 3.08. The van der Waals surface area contributed by atoms with E-state index >= 15 is 8.78 Å². The Hall–Kier alpha value is -2.34. The predicted octanol–water partition coefficient (Wildman–Crippen LogP) is 11.4. The molecular weight excluding hydrogens is 713 g/mol. The fourth-order valence-electron chi connectivity index (χ4n) is 5.22. The number of hydrogen-bond donors (Lipinski definition) is 0. The number of esters is 1. The van der Waals surface area contributed by atoms with Crippen molar-refractivity contribution in [3.63, 3.8) is 0 Å². The van der Waals surface area contributed by atoms with Crippen molar-refractivity contribution in [3.05, 3.63) is 90.7 Å². The average molecular weight is 760 g/mol. The number of benzene rings is 3. The van der Waals surface area contributed by atoms with E-state index in [4.69, 9.17) is 8.37 Å². The van der Waals surface area contributed by atoms with Crippen LogP contribution in [0.2, 0.25) is 0 Å². The molecule has 260 valence electrons. The first-order valence-electron chi connectivity index (χ1n) is 16.4. The van der Waals surface area contributed by atoms with Crippen molar-refractivity contribution >= 4 is 42.3 Å². The van der Waals surface area contributed by atoms with Gasteiger partial charge in [-0.3, -0.25) is 0 Å². The maximum Gasteiger partial charge on any atom is 0.466 e. The van der Waals surface area contributed by atoms with Gasteiger partial charge in [0.05, 0.1) is 6.61 Å². The number of unbranched alkanes of at least 4 members (excludes halogenated alkanes) is 13. The number of alkyl halides is 3. The summed E-state index contributed by atoms with van der Waals surface area (Å²) in [5.74, 6) is -2.79. The smallest absolute Gasteiger partial charge is 0.460 e. The summed E-state index contributed by atoms with van der Waals surface area (Å²) in [7, 11) is -9.33. The van der Waals surface area contributed by atoms with E-state index in [0.717, 1.165) is 43.1 Å². The number of halogens is 4. The summed E-state index contributed by atoms with van der Waals surface area (Å²) in [6, 6.07) is 20.8. The van der Waals surface area contributed by atoms with Gasteiger partial charge in [-0.05, 0) is 71.7 Å². The highest BCUT2D eigenvalue weighted by Gasteiger charge is 2.58. The van der Waals surface area contributed by atoms with E-state index in [1.165, 1.54) is 63.5 Å². The van der Waals surface area contributed by atoms with Crippen molar-refractivity contribution < 1.29 is 34.7 Å². The second-order valence-electron chi connectivity index (χ2n) is 11.4. The number of carbonyl (C=O) groups excluding carboxylic acids is 1. The van der Waals surface area contributed by atoms with Gasteiger partial charge in [-0.15, -0.1) is 0 Å². The Bertz CT molecular complexity index is 1390. The van der Waals surface area contributed by atoms with E-state index in [1.807, 2.05) is 0 Å². The van der Waals surface area contributed by atoms with E-state index in [1.54, 1.807) is 60.7 Å². The standard InChI is InChI=1S/C36H46BrF3O5S2/c37-29-19-11-9-7-5-3-1-2-4-6-8-10-12-20-30-44-35(41)36(39,40)47(42,43)45-46(32-21-15-13-16-22-32,33-23-17-14-18-24-33)34-27-25-31(38)26-28-34/h13-18,21-28H,1-12,19-20,29-30H2. The SMILES string of the molecule is O=C(OCCCCCCCCCCCCCCCCBr)C(F)(F)S(=O)(=O)OS(c1ccccc1)(c1ccccc1)c1ccc(F)cc1.